The zero-order valence-corrected chi connectivity index (χ0v) is 5.75. The predicted octanol–water partition coefficient (Wildman–Crippen LogP) is 3.66. The third-order valence-electron chi connectivity index (χ3n) is 0.0825. The summed E-state index contributed by atoms with van der Waals surface area (Å²) in [6, 6.07) is 0. The maximum atomic E-state index is 10.6. The Bertz CT molecular complexity index is 103. The number of rotatable bonds is 0. The summed E-state index contributed by atoms with van der Waals surface area (Å²) < 4.78 is 41.3. The highest BCUT2D eigenvalue weighted by atomic mass is 35.5. The van der Waals surface area contributed by atoms with Crippen LogP contribution in [0.2, 0.25) is 0 Å². The van der Waals surface area contributed by atoms with Gasteiger partial charge in [0.2, 0.25) is 0 Å². The molecule has 7 heteroatoms. The molecule has 0 saturated carbocycles. The molecule has 0 heterocycles. The fourth-order valence-electron chi connectivity index (χ4n) is 0. The van der Waals surface area contributed by atoms with E-state index in [0.29, 0.717) is 0 Å². The van der Waals surface area contributed by atoms with Crippen molar-refractivity contribution >= 4 is 11.6 Å². The Morgan fingerprint density at radius 3 is 1.27 bits per heavy atom. The molecule has 0 aliphatic rings. The van der Waals surface area contributed by atoms with Crippen LogP contribution in [0.25, 0.3) is 0 Å². The van der Waals surface area contributed by atoms with Crippen LogP contribution < -0.4 is 0 Å². The fraction of sp³-hybridized carbons (Fsp3) is 0. The molecule has 0 N–H and O–H groups in total. The van der Waals surface area contributed by atoms with E-state index in [1.54, 1.807) is 0 Å². The summed E-state index contributed by atoms with van der Waals surface area (Å²) in [4.78, 5) is 0. The van der Waals surface area contributed by atoms with Crippen LogP contribution in [0, 0.1) is 0 Å². The quantitative estimate of drug-likeness (QED) is 0.526. The van der Waals surface area contributed by atoms with Gasteiger partial charge in [0.1, 0.15) is 0 Å². The topological polar surface area (TPSA) is 0 Å². The Morgan fingerprint density at radius 1 is 1.18 bits per heavy atom. The second-order valence-corrected chi connectivity index (χ2v) is 1.15. The maximum absolute atomic E-state index is 10.6. The third-order valence-corrected chi connectivity index (χ3v) is 0.0825. The highest BCUT2D eigenvalue weighted by Crippen LogP contribution is 1.93. The normalized spacial score (nSPS) is 5.55. The Labute approximate surface area is 63.9 Å². The zero-order chi connectivity index (χ0) is 7.86. The third kappa shape index (κ3) is 277. The largest absolute Gasteiger partial charge is 0.298 e. The first-order valence-electron chi connectivity index (χ1n) is 1.62. The van der Waals surface area contributed by atoms with Gasteiger partial charge in [0, 0.05) is 0 Å². The average molecular weight is 203 g/mol. The van der Waals surface area contributed by atoms with E-state index in [2.05, 4.69) is 18.2 Å². The maximum Gasteiger partial charge on any atom is 0.298 e. The molecule has 0 aromatic carbocycles. The first kappa shape index (κ1) is 22.4. The fourth-order valence-corrected chi connectivity index (χ4v) is 0. The van der Waals surface area contributed by atoms with Crippen molar-refractivity contribution in [3.63, 3.8) is 0 Å². The molecule has 0 aromatic heterocycles. The SMILES string of the molecule is C=C(F)Cl.F.F.FC=C(F)F. The molecule has 0 aliphatic heterocycles. The molecular formula is C4H5ClF6. The second-order valence-electron chi connectivity index (χ2n) is 0.737. The molecule has 0 rings (SSSR count). The van der Waals surface area contributed by atoms with Gasteiger partial charge in [-0.1, -0.05) is 18.2 Å². The van der Waals surface area contributed by atoms with E-state index < -0.39 is 17.7 Å². The van der Waals surface area contributed by atoms with E-state index in [4.69, 9.17) is 0 Å². The van der Waals surface area contributed by atoms with Crippen molar-refractivity contribution in [2.75, 3.05) is 0 Å². The van der Waals surface area contributed by atoms with Crippen molar-refractivity contribution < 1.29 is 27.0 Å². The van der Waals surface area contributed by atoms with E-state index in [1.165, 1.54) is 0 Å². The van der Waals surface area contributed by atoms with Crippen LogP contribution in [0.3, 0.4) is 0 Å². The van der Waals surface area contributed by atoms with Gasteiger partial charge in [-0.2, -0.15) is 13.2 Å². The first-order chi connectivity index (χ1) is 4.00. The Morgan fingerprint density at radius 2 is 1.27 bits per heavy atom. The van der Waals surface area contributed by atoms with Crippen LogP contribution in [0.5, 0.6) is 0 Å². The lowest BCUT2D eigenvalue weighted by atomic mass is 11.1. The van der Waals surface area contributed by atoms with Crippen LogP contribution in [0.1, 0.15) is 0 Å². The number of halogens is 7. The van der Waals surface area contributed by atoms with Gasteiger partial charge in [-0.15, -0.1) is 0 Å². The molecule has 0 nitrogen and oxygen atoms in total. The minimum Gasteiger partial charge on any atom is -0.269 e. The van der Waals surface area contributed by atoms with Gasteiger partial charge in [-0.25, -0.2) is 4.39 Å². The Balaban J connectivity index is -0.0000000383. The van der Waals surface area contributed by atoms with Gasteiger partial charge >= 0.3 is 0 Å². The van der Waals surface area contributed by atoms with Gasteiger partial charge in [0.25, 0.3) is 6.08 Å². The van der Waals surface area contributed by atoms with Crippen LogP contribution in [0.15, 0.2) is 24.3 Å². The van der Waals surface area contributed by atoms with E-state index in [1.807, 2.05) is 0 Å². The minimum absolute atomic E-state index is 0. The van der Waals surface area contributed by atoms with E-state index >= 15 is 0 Å². The number of hydrogen-bond donors (Lipinski definition) is 0. The van der Waals surface area contributed by atoms with Gasteiger partial charge in [-0.3, -0.25) is 9.41 Å². The summed E-state index contributed by atoms with van der Waals surface area (Å²) in [6.45, 7) is 2.65. The monoisotopic (exact) mass is 202 g/mol. The standard InChI is InChI=1S/C2H2ClF.C2HF3.2FH/c1-2(3)4;3-1-2(4)5;;/h1H2;1H;2*1H. The van der Waals surface area contributed by atoms with E-state index in [0.717, 1.165) is 0 Å². The molecule has 0 spiro atoms. The molecule has 0 radical (unpaired) electrons. The van der Waals surface area contributed by atoms with E-state index in [9.17, 15) is 17.6 Å². The Hall–Kier alpha value is -0.650. The molecule has 70 valence electrons. The summed E-state index contributed by atoms with van der Waals surface area (Å²) in [6.07, 6.45) is -3.04. The molecule has 0 amide bonds. The van der Waals surface area contributed by atoms with Crippen molar-refractivity contribution in [3.8, 4) is 0 Å². The van der Waals surface area contributed by atoms with Crippen LogP contribution >= 0.6 is 11.6 Å². The average Bonchev–Trinajstić information content (AvgIpc) is 1.65. The summed E-state index contributed by atoms with van der Waals surface area (Å²) >= 11 is 4.41. The number of hydrogen-bond acceptors (Lipinski definition) is 0. The molecule has 0 fully saturated rings. The summed E-state index contributed by atoms with van der Waals surface area (Å²) in [5.41, 5.74) is 0. The molecule has 0 unspecified atom stereocenters. The van der Waals surface area contributed by atoms with Crippen molar-refractivity contribution in [1.29, 1.82) is 0 Å². The molecule has 0 aliphatic carbocycles. The lowest BCUT2D eigenvalue weighted by Gasteiger charge is -1.59. The lowest BCUT2D eigenvalue weighted by molar-refractivity contribution is 0.400. The van der Waals surface area contributed by atoms with Gasteiger partial charge < -0.3 is 0 Å². The van der Waals surface area contributed by atoms with Crippen molar-refractivity contribution in [3.05, 3.63) is 24.3 Å². The second kappa shape index (κ2) is 16.2. The van der Waals surface area contributed by atoms with Crippen LogP contribution in [0.4, 0.5) is 27.0 Å². The van der Waals surface area contributed by atoms with Gasteiger partial charge in [0.05, 0.1) is 0 Å². The summed E-state index contributed by atoms with van der Waals surface area (Å²) in [5.74, 6) is 0. The minimum atomic E-state index is -2.29. The van der Waals surface area contributed by atoms with Gasteiger partial charge in [-0.05, 0) is 0 Å². The lowest BCUT2D eigenvalue weighted by Crippen LogP contribution is -1.42. The highest BCUT2D eigenvalue weighted by molar-refractivity contribution is 6.27. The molecular weight excluding hydrogens is 197 g/mol. The smallest absolute Gasteiger partial charge is 0.269 e. The molecule has 0 saturated heterocycles. The van der Waals surface area contributed by atoms with Crippen molar-refractivity contribution in [2.45, 2.75) is 0 Å². The van der Waals surface area contributed by atoms with E-state index in [-0.39, 0.29) is 9.41 Å². The predicted molar refractivity (Wildman–Crippen MR) is 32.5 cm³/mol. The summed E-state index contributed by atoms with van der Waals surface area (Å²) in [5, 5.41) is -0.861. The van der Waals surface area contributed by atoms with Gasteiger partial charge in [0.15, 0.2) is 11.6 Å². The van der Waals surface area contributed by atoms with Crippen molar-refractivity contribution in [1.82, 2.24) is 0 Å². The zero-order valence-electron chi connectivity index (χ0n) is 4.99. The highest BCUT2D eigenvalue weighted by Gasteiger charge is 1.78. The van der Waals surface area contributed by atoms with Crippen LogP contribution in [-0.4, -0.2) is 0 Å². The molecule has 0 atom stereocenters. The molecule has 11 heavy (non-hydrogen) atoms. The first-order valence-corrected chi connectivity index (χ1v) is 1.99. The molecule has 0 aromatic rings. The Kier molecular flexibility index (Phi) is 33.0. The molecule has 0 bridgehead atoms. The van der Waals surface area contributed by atoms with Crippen molar-refractivity contribution in [2.24, 2.45) is 0 Å². The van der Waals surface area contributed by atoms with Crippen LogP contribution in [-0.2, 0) is 0 Å². The summed E-state index contributed by atoms with van der Waals surface area (Å²) in [7, 11) is 0.